The molecule has 16 heavy (non-hydrogen) atoms. The van der Waals surface area contributed by atoms with E-state index in [0.717, 1.165) is 43.5 Å². The highest BCUT2D eigenvalue weighted by Crippen LogP contribution is 2.32. The van der Waals surface area contributed by atoms with Gasteiger partial charge in [-0.15, -0.1) is 0 Å². The van der Waals surface area contributed by atoms with Crippen molar-refractivity contribution >= 4 is 5.69 Å². The van der Waals surface area contributed by atoms with E-state index in [1.54, 1.807) is 14.2 Å². The van der Waals surface area contributed by atoms with Crippen LogP contribution in [-0.4, -0.2) is 40.5 Å². The van der Waals surface area contributed by atoms with Crippen molar-refractivity contribution in [1.29, 1.82) is 0 Å². The zero-order valence-electron chi connectivity index (χ0n) is 9.73. The molecular weight excluding hydrogens is 206 g/mol. The molecule has 0 amide bonds. The Morgan fingerprint density at radius 3 is 2.50 bits per heavy atom. The summed E-state index contributed by atoms with van der Waals surface area (Å²) in [6.45, 7) is 3.36. The van der Waals surface area contributed by atoms with Crippen LogP contribution in [0.25, 0.3) is 0 Å². The van der Waals surface area contributed by atoms with E-state index in [2.05, 4.69) is 4.90 Å². The minimum atomic E-state index is 0.773. The van der Waals surface area contributed by atoms with E-state index in [1.165, 1.54) is 0 Å². The fraction of sp³-hybridized carbons (Fsp3) is 0.500. The summed E-state index contributed by atoms with van der Waals surface area (Å²) in [6, 6.07) is 5.89. The van der Waals surface area contributed by atoms with Crippen LogP contribution in [0.2, 0.25) is 0 Å². The van der Waals surface area contributed by atoms with E-state index in [1.807, 2.05) is 18.2 Å². The van der Waals surface area contributed by atoms with Crippen molar-refractivity contribution in [3.8, 4) is 11.5 Å². The van der Waals surface area contributed by atoms with Crippen molar-refractivity contribution < 1.29 is 14.2 Å². The van der Waals surface area contributed by atoms with Crippen molar-refractivity contribution in [3.05, 3.63) is 18.2 Å². The third-order valence-electron chi connectivity index (χ3n) is 2.74. The molecule has 0 atom stereocenters. The highest BCUT2D eigenvalue weighted by molar-refractivity contribution is 5.61. The van der Waals surface area contributed by atoms with Crippen LogP contribution in [0.5, 0.6) is 11.5 Å². The molecule has 0 bridgehead atoms. The van der Waals surface area contributed by atoms with E-state index in [4.69, 9.17) is 14.2 Å². The van der Waals surface area contributed by atoms with E-state index >= 15 is 0 Å². The molecule has 0 aromatic heterocycles. The summed E-state index contributed by atoms with van der Waals surface area (Å²) in [6.07, 6.45) is 0. The first-order valence-corrected chi connectivity index (χ1v) is 5.40. The van der Waals surface area contributed by atoms with Gasteiger partial charge in [0.2, 0.25) is 0 Å². The summed E-state index contributed by atoms with van der Waals surface area (Å²) >= 11 is 0. The molecule has 0 N–H and O–H groups in total. The Kier molecular flexibility index (Phi) is 3.51. The van der Waals surface area contributed by atoms with Gasteiger partial charge in [0.1, 0.15) is 11.5 Å². The van der Waals surface area contributed by atoms with Gasteiger partial charge in [0.25, 0.3) is 0 Å². The molecule has 0 aliphatic carbocycles. The predicted molar refractivity (Wildman–Crippen MR) is 62.6 cm³/mol. The first-order valence-electron chi connectivity index (χ1n) is 5.40. The number of rotatable bonds is 3. The van der Waals surface area contributed by atoms with Crippen LogP contribution in [0.4, 0.5) is 5.69 Å². The van der Waals surface area contributed by atoms with Crippen LogP contribution >= 0.6 is 0 Å². The lowest BCUT2D eigenvalue weighted by Gasteiger charge is -2.30. The lowest BCUT2D eigenvalue weighted by atomic mass is 10.2. The van der Waals surface area contributed by atoms with Gasteiger partial charge >= 0.3 is 0 Å². The Morgan fingerprint density at radius 2 is 1.88 bits per heavy atom. The number of anilines is 1. The molecule has 1 saturated heterocycles. The van der Waals surface area contributed by atoms with Gasteiger partial charge in [0, 0.05) is 19.2 Å². The second-order valence-corrected chi connectivity index (χ2v) is 3.64. The third kappa shape index (κ3) is 2.22. The molecule has 0 saturated carbocycles. The average molecular weight is 223 g/mol. The maximum Gasteiger partial charge on any atom is 0.145 e. The van der Waals surface area contributed by atoms with Gasteiger partial charge in [-0.25, -0.2) is 0 Å². The normalized spacial score (nSPS) is 16.0. The van der Waals surface area contributed by atoms with Crippen LogP contribution in [0.15, 0.2) is 18.2 Å². The Labute approximate surface area is 95.7 Å². The number of morpholine rings is 1. The number of nitrogens with zero attached hydrogens (tertiary/aromatic N) is 1. The van der Waals surface area contributed by atoms with Crippen LogP contribution in [0.3, 0.4) is 0 Å². The summed E-state index contributed by atoms with van der Waals surface area (Å²) in [7, 11) is 3.34. The topological polar surface area (TPSA) is 30.9 Å². The van der Waals surface area contributed by atoms with E-state index in [0.29, 0.717) is 0 Å². The SMILES string of the molecule is COc1ccc(N2CCOCC2)c(OC)c1. The molecule has 1 aliphatic rings. The maximum atomic E-state index is 5.38. The number of ether oxygens (including phenoxy) is 3. The Hall–Kier alpha value is -1.42. The van der Waals surface area contributed by atoms with Gasteiger partial charge in [-0.3, -0.25) is 0 Å². The molecule has 1 aliphatic heterocycles. The number of methoxy groups -OCH3 is 2. The van der Waals surface area contributed by atoms with Gasteiger partial charge in [-0.1, -0.05) is 0 Å². The number of hydrogen-bond donors (Lipinski definition) is 0. The van der Waals surface area contributed by atoms with E-state index in [-0.39, 0.29) is 0 Å². The minimum Gasteiger partial charge on any atom is -0.497 e. The van der Waals surface area contributed by atoms with Gasteiger partial charge in [-0.05, 0) is 12.1 Å². The molecule has 4 nitrogen and oxygen atoms in total. The molecule has 0 spiro atoms. The molecule has 0 unspecified atom stereocenters. The van der Waals surface area contributed by atoms with Crippen LogP contribution in [0.1, 0.15) is 0 Å². The van der Waals surface area contributed by atoms with Crippen molar-refractivity contribution in [2.24, 2.45) is 0 Å². The van der Waals surface area contributed by atoms with Gasteiger partial charge in [0.05, 0.1) is 33.1 Å². The highest BCUT2D eigenvalue weighted by Gasteiger charge is 2.15. The van der Waals surface area contributed by atoms with Crippen LogP contribution < -0.4 is 14.4 Å². The van der Waals surface area contributed by atoms with Crippen molar-refractivity contribution in [2.75, 3.05) is 45.4 Å². The van der Waals surface area contributed by atoms with Gasteiger partial charge in [-0.2, -0.15) is 0 Å². The molecule has 1 heterocycles. The minimum absolute atomic E-state index is 0.773. The Bertz CT molecular complexity index is 348. The fourth-order valence-corrected chi connectivity index (χ4v) is 1.85. The average Bonchev–Trinajstić information content (AvgIpc) is 2.39. The van der Waals surface area contributed by atoms with E-state index < -0.39 is 0 Å². The molecule has 2 rings (SSSR count). The van der Waals surface area contributed by atoms with Gasteiger partial charge in [0.15, 0.2) is 0 Å². The Balaban J connectivity index is 2.24. The lowest BCUT2D eigenvalue weighted by Crippen LogP contribution is -2.36. The van der Waals surface area contributed by atoms with E-state index in [9.17, 15) is 0 Å². The molecule has 1 aromatic carbocycles. The van der Waals surface area contributed by atoms with Crippen molar-refractivity contribution in [2.45, 2.75) is 0 Å². The summed E-state index contributed by atoms with van der Waals surface area (Å²) in [5.41, 5.74) is 1.10. The molecule has 1 fully saturated rings. The summed E-state index contributed by atoms with van der Waals surface area (Å²) < 4.78 is 15.9. The van der Waals surface area contributed by atoms with Crippen LogP contribution in [0, 0.1) is 0 Å². The largest absolute Gasteiger partial charge is 0.497 e. The van der Waals surface area contributed by atoms with Crippen LogP contribution in [-0.2, 0) is 4.74 Å². The summed E-state index contributed by atoms with van der Waals surface area (Å²) in [4.78, 5) is 2.27. The Morgan fingerprint density at radius 1 is 1.12 bits per heavy atom. The number of hydrogen-bond acceptors (Lipinski definition) is 4. The highest BCUT2D eigenvalue weighted by atomic mass is 16.5. The fourth-order valence-electron chi connectivity index (χ4n) is 1.85. The molecule has 1 aromatic rings. The van der Waals surface area contributed by atoms with Crippen molar-refractivity contribution in [1.82, 2.24) is 0 Å². The second-order valence-electron chi connectivity index (χ2n) is 3.64. The first kappa shape index (κ1) is 11.1. The summed E-state index contributed by atoms with van der Waals surface area (Å²) in [5, 5.41) is 0. The quantitative estimate of drug-likeness (QED) is 0.777. The zero-order chi connectivity index (χ0) is 11.4. The summed E-state index contributed by atoms with van der Waals surface area (Å²) in [5.74, 6) is 1.66. The monoisotopic (exact) mass is 223 g/mol. The molecule has 88 valence electrons. The third-order valence-corrected chi connectivity index (χ3v) is 2.74. The molecule has 4 heteroatoms. The second kappa shape index (κ2) is 5.07. The first-order chi connectivity index (χ1) is 7.85. The zero-order valence-corrected chi connectivity index (χ0v) is 9.73. The van der Waals surface area contributed by atoms with Crippen molar-refractivity contribution in [3.63, 3.8) is 0 Å². The van der Waals surface area contributed by atoms with Gasteiger partial charge < -0.3 is 19.1 Å². The maximum absolute atomic E-state index is 5.38. The standard InChI is InChI=1S/C12H17NO3/c1-14-10-3-4-11(12(9-10)15-2)13-5-7-16-8-6-13/h3-4,9H,5-8H2,1-2H3. The molecular formula is C12H17NO3. The molecule has 0 radical (unpaired) electrons. The predicted octanol–water partition coefficient (Wildman–Crippen LogP) is 1.54. The number of benzene rings is 1. The smallest absolute Gasteiger partial charge is 0.145 e. The lowest BCUT2D eigenvalue weighted by molar-refractivity contribution is 0.122.